The summed E-state index contributed by atoms with van der Waals surface area (Å²) in [4.78, 5) is 0. The zero-order valence-electron chi connectivity index (χ0n) is 8.84. The number of rotatable bonds is 4. The Morgan fingerprint density at radius 1 is 1.31 bits per heavy atom. The second kappa shape index (κ2) is 4.94. The molecule has 0 unspecified atom stereocenters. The van der Waals surface area contributed by atoms with Crippen LogP contribution in [0.5, 0.6) is 0 Å². The van der Waals surface area contributed by atoms with Crippen molar-refractivity contribution in [1.29, 1.82) is 0 Å². The van der Waals surface area contributed by atoms with Crippen LogP contribution in [0.1, 0.15) is 33.6 Å². The highest BCUT2D eigenvalue weighted by atomic mass is 16.7. The zero-order chi connectivity index (χ0) is 9.73. The van der Waals surface area contributed by atoms with Crippen LogP contribution in [0.2, 0.25) is 0 Å². The Bertz CT molecular complexity index is 134. The van der Waals surface area contributed by atoms with Crippen molar-refractivity contribution in [2.75, 3.05) is 19.8 Å². The van der Waals surface area contributed by atoms with Gasteiger partial charge in [-0.25, -0.2) is 0 Å². The first kappa shape index (κ1) is 11.0. The predicted octanol–water partition coefficient (Wildman–Crippen LogP) is 1.95. The van der Waals surface area contributed by atoms with Crippen molar-refractivity contribution in [1.82, 2.24) is 0 Å². The van der Waals surface area contributed by atoms with Gasteiger partial charge in [0.25, 0.3) is 0 Å². The standard InChI is InChI=1S/C10H20O3/c1-4-12-10(13-9(2)3)5-7-11-8-6-10/h9H,4-8H2,1-3H3. The minimum absolute atomic E-state index is 0.213. The minimum atomic E-state index is -0.374. The summed E-state index contributed by atoms with van der Waals surface area (Å²) >= 11 is 0. The van der Waals surface area contributed by atoms with Gasteiger partial charge in [0.05, 0.1) is 19.3 Å². The highest BCUT2D eigenvalue weighted by molar-refractivity contribution is 4.74. The largest absolute Gasteiger partial charge is 0.381 e. The lowest BCUT2D eigenvalue weighted by Crippen LogP contribution is -2.43. The van der Waals surface area contributed by atoms with Gasteiger partial charge < -0.3 is 14.2 Å². The fourth-order valence-electron chi connectivity index (χ4n) is 1.67. The second-order valence-corrected chi connectivity index (χ2v) is 3.62. The van der Waals surface area contributed by atoms with Gasteiger partial charge in [-0.3, -0.25) is 0 Å². The maximum absolute atomic E-state index is 5.82. The average Bonchev–Trinajstić information content (AvgIpc) is 2.04. The summed E-state index contributed by atoms with van der Waals surface area (Å²) in [5, 5.41) is 0. The third-order valence-electron chi connectivity index (χ3n) is 2.11. The van der Waals surface area contributed by atoms with E-state index in [4.69, 9.17) is 14.2 Å². The molecule has 3 heteroatoms. The Morgan fingerprint density at radius 3 is 2.38 bits per heavy atom. The Labute approximate surface area is 80.4 Å². The van der Waals surface area contributed by atoms with Gasteiger partial charge in [-0.05, 0) is 20.8 Å². The van der Waals surface area contributed by atoms with E-state index < -0.39 is 0 Å². The fourth-order valence-corrected chi connectivity index (χ4v) is 1.67. The van der Waals surface area contributed by atoms with E-state index in [1.807, 2.05) is 20.8 Å². The van der Waals surface area contributed by atoms with Crippen LogP contribution in [0.25, 0.3) is 0 Å². The van der Waals surface area contributed by atoms with Crippen molar-refractivity contribution in [3.8, 4) is 0 Å². The molecule has 1 aliphatic rings. The van der Waals surface area contributed by atoms with Crippen molar-refractivity contribution >= 4 is 0 Å². The minimum Gasteiger partial charge on any atom is -0.381 e. The molecule has 0 aliphatic carbocycles. The summed E-state index contributed by atoms with van der Waals surface area (Å²) < 4.78 is 16.8. The molecular formula is C10H20O3. The van der Waals surface area contributed by atoms with Gasteiger partial charge in [0, 0.05) is 19.4 Å². The molecule has 0 spiro atoms. The summed E-state index contributed by atoms with van der Waals surface area (Å²) in [7, 11) is 0. The van der Waals surface area contributed by atoms with Crippen LogP contribution >= 0.6 is 0 Å². The summed E-state index contributed by atoms with van der Waals surface area (Å²) in [6.45, 7) is 8.26. The summed E-state index contributed by atoms with van der Waals surface area (Å²) in [5.74, 6) is -0.374. The van der Waals surface area contributed by atoms with Crippen molar-refractivity contribution in [2.24, 2.45) is 0 Å². The Hall–Kier alpha value is -0.120. The van der Waals surface area contributed by atoms with Crippen molar-refractivity contribution in [3.05, 3.63) is 0 Å². The summed E-state index contributed by atoms with van der Waals surface area (Å²) in [6.07, 6.45) is 1.91. The van der Waals surface area contributed by atoms with Crippen LogP contribution in [-0.4, -0.2) is 31.7 Å². The molecule has 0 aromatic carbocycles. The Kier molecular flexibility index (Phi) is 4.16. The molecule has 1 saturated heterocycles. The average molecular weight is 188 g/mol. The molecule has 1 rings (SSSR count). The summed E-state index contributed by atoms with van der Waals surface area (Å²) in [5.41, 5.74) is 0. The fraction of sp³-hybridized carbons (Fsp3) is 1.00. The van der Waals surface area contributed by atoms with Crippen molar-refractivity contribution in [2.45, 2.75) is 45.5 Å². The first-order valence-corrected chi connectivity index (χ1v) is 5.08. The van der Waals surface area contributed by atoms with Gasteiger partial charge in [-0.15, -0.1) is 0 Å². The topological polar surface area (TPSA) is 27.7 Å². The lowest BCUT2D eigenvalue weighted by atomic mass is 10.1. The molecule has 0 radical (unpaired) electrons. The molecule has 0 bridgehead atoms. The molecule has 13 heavy (non-hydrogen) atoms. The van der Waals surface area contributed by atoms with Crippen LogP contribution in [0.15, 0.2) is 0 Å². The van der Waals surface area contributed by atoms with Gasteiger partial charge in [0.15, 0.2) is 5.79 Å². The van der Waals surface area contributed by atoms with Gasteiger partial charge in [0.2, 0.25) is 0 Å². The molecular weight excluding hydrogens is 168 g/mol. The molecule has 0 atom stereocenters. The Balaban J connectivity index is 2.50. The summed E-state index contributed by atoms with van der Waals surface area (Å²) in [6, 6.07) is 0. The van der Waals surface area contributed by atoms with Gasteiger partial charge >= 0.3 is 0 Å². The maximum atomic E-state index is 5.82. The predicted molar refractivity (Wildman–Crippen MR) is 50.6 cm³/mol. The van der Waals surface area contributed by atoms with E-state index in [1.165, 1.54) is 0 Å². The SMILES string of the molecule is CCOC1(OC(C)C)CCOCC1. The number of hydrogen-bond acceptors (Lipinski definition) is 3. The first-order chi connectivity index (χ1) is 6.18. The maximum Gasteiger partial charge on any atom is 0.172 e. The van der Waals surface area contributed by atoms with Crippen LogP contribution in [0.4, 0.5) is 0 Å². The quantitative estimate of drug-likeness (QED) is 0.631. The third kappa shape index (κ3) is 3.25. The van der Waals surface area contributed by atoms with Gasteiger partial charge in [0.1, 0.15) is 0 Å². The molecule has 1 fully saturated rings. The van der Waals surface area contributed by atoms with Crippen LogP contribution in [0.3, 0.4) is 0 Å². The van der Waals surface area contributed by atoms with Crippen LogP contribution < -0.4 is 0 Å². The van der Waals surface area contributed by atoms with E-state index >= 15 is 0 Å². The van der Waals surface area contributed by atoms with E-state index in [-0.39, 0.29) is 11.9 Å². The molecule has 1 aliphatic heterocycles. The molecule has 0 aromatic heterocycles. The van der Waals surface area contributed by atoms with Crippen LogP contribution in [-0.2, 0) is 14.2 Å². The normalized spacial score (nSPS) is 22.2. The first-order valence-electron chi connectivity index (χ1n) is 5.08. The molecule has 1 heterocycles. The smallest absolute Gasteiger partial charge is 0.172 e. The lowest BCUT2D eigenvalue weighted by Gasteiger charge is -2.37. The molecule has 0 aromatic rings. The lowest BCUT2D eigenvalue weighted by molar-refractivity contribution is -0.280. The van der Waals surface area contributed by atoms with E-state index in [1.54, 1.807) is 0 Å². The highest BCUT2D eigenvalue weighted by Crippen LogP contribution is 2.27. The van der Waals surface area contributed by atoms with Crippen molar-refractivity contribution < 1.29 is 14.2 Å². The van der Waals surface area contributed by atoms with Crippen LogP contribution in [0, 0.1) is 0 Å². The van der Waals surface area contributed by atoms with E-state index in [0.29, 0.717) is 6.61 Å². The molecule has 0 N–H and O–H groups in total. The van der Waals surface area contributed by atoms with Crippen molar-refractivity contribution in [3.63, 3.8) is 0 Å². The second-order valence-electron chi connectivity index (χ2n) is 3.62. The molecule has 3 nitrogen and oxygen atoms in total. The Morgan fingerprint density at radius 2 is 1.92 bits per heavy atom. The van der Waals surface area contributed by atoms with E-state index in [2.05, 4.69) is 0 Å². The molecule has 0 saturated carbocycles. The molecule has 78 valence electrons. The molecule has 0 amide bonds. The monoisotopic (exact) mass is 188 g/mol. The van der Waals surface area contributed by atoms with E-state index in [9.17, 15) is 0 Å². The van der Waals surface area contributed by atoms with Gasteiger partial charge in [-0.2, -0.15) is 0 Å². The highest BCUT2D eigenvalue weighted by Gasteiger charge is 2.34. The van der Waals surface area contributed by atoms with Gasteiger partial charge in [-0.1, -0.05) is 0 Å². The number of ether oxygens (including phenoxy) is 3. The third-order valence-corrected chi connectivity index (χ3v) is 2.11. The van der Waals surface area contributed by atoms with E-state index in [0.717, 1.165) is 26.1 Å². The zero-order valence-corrected chi connectivity index (χ0v) is 8.84. The number of hydrogen-bond donors (Lipinski definition) is 0.